The maximum absolute atomic E-state index is 12.7. The largest absolute Gasteiger partial charge is 0.459 e. The number of piperidine rings is 1. The van der Waals surface area contributed by atoms with Gasteiger partial charge in [-0.2, -0.15) is 0 Å². The van der Waals surface area contributed by atoms with Gasteiger partial charge < -0.3 is 24.9 Å². The van der Waals surface area contributed by atoms with E-state index >= 15 is 0 Å². The summed E-state index contributed by atoms with van der Waals surface area (Å²) in [6.07, 6.45) is 3.61. The van der Waals surface area contributed by atoms with Crippen LogP contribution in [0.1, 0.15) is 30.3 Å². The van der Waals surface area contributed by atoms with E-state index in [1.165, 1.54) is 6.26 Å². The van der Waals surface area contributed by atoms with Gasteiger partial charge in [-0.1, -0.05) is 11.6 Å². The maximum Gasteiger partial charge on any atom is 0.321 e. The zero-order valence-corrected chi connectivity index (χ0v) is 17.7. The van der Waals surface area contributed by atoms with E-state index in [-0.39, 0.29) is 23.7 Å². The maximum atomic E-state index is 12.7. The molecule has 0 saturated carbocycles. The molecule has 2 N–H and O–H groups in total. The third kappa shape index (κ3) is 5.31. The summed E-state index contributed by atoms with van der Waals surface area (Å²) in [5.74, 6) is 0.299. The third-order valence-corrected chi connectivity index (χ3v) is 5.90. The van der Waals surface area contributed by atoms with Crippen LogP contribution in [0.2, 0.25) is 5.02 Å². The minimum absolute atomic E-state index is 0.144. The fourth-order valence-corrected chi connectivity index (χ4v) is 3.74. The van der Waals surface area contributed by atoms with Gasteiger partial charge in [-0.25, -0.2) is 4.79 Å². The molecule has 2 aromatic rings. The molecule has 1 saturated heterocycles. The van der Waals surface area contributed by atoms with Gasteiger partial charge in [0, 0.05) is 18.8 Å². The number of carbonyl (C=O) groups is 2. The van der Waals surface area contributed by atoms with Crippen LogP contribution >= 0.6 is 11.6 Å². The highest BCUT2D eigenvalue weighted by Crippen LogP contribution is 2.27. The van der Waals surface area contributed by atoms with Crippen LogP contribution in [0.5, 0.6) is 0 Å². The normalized spacial score (nSPS) is 16.3. The van der Waals surface area contributed by atoms with Crippen molar-refractivity contribution in [3.63, 3.8) is 0 Å². The SMILES string of the molecule is C[C@H](C1CCN(C)CC1)N(C)C(=O)Nc1ccc(NC(=O)c2ccco2)c(Cl)c1. The quantitative estimate of drug-likeness (QED) is 0.755. The molecular weight excluding hydrogens is 392 g/mol. The molecule has 29 heavy (non-hydrogen) atoms. The average molecular weight is 419 g/mol. The number of carbonyl (C=O) groups excluding carboxylic acids is 2. The average Bonchev–Trinajstić information content (AvgIpc) is 3.24. The van der Waals surface area contributed by atoms with Crippen LogP contribution < -0.4 is 10.6 Å². The van der Waals surface area contributed by atoms with Crippen molar-refractivity contribution in [2.45, 2.75) is 25.8 Å². The first-order valence-corrected chi connectivity index (χ1v) is 10.1. The Morgan fingerprint density at radius 1 is 1.24 bits per heavy atom. The number of furan rings is 1. The molecule has 1 aliphatic heterocycles. The van der Waals surface area contributed by atoms with Gasteiger partial charge in [-0.05, 0) is 76.2 Å². The molecule has 1 aromatic carbocycles. The Balaban J connectivity index is 1.58. The van der Waals surface area contributed by atoms with Crippen molar-refractivity contribution in [3.05, 3.63) is 47.4 Å². The van der Waals surface area contributed by atoms with E-state index in [4.69, 9.17) is 16.0 Å². The summed E-state index contributed by atoms with van der Waals surface area (Å²) in [4.78, 5) is 28.8. The van der Waals surface area contributed by atoms with Crippen LogP contribution in [0, 0.1) is 5.92 Å². The lowest BCUT2D eigenvalue weighted by molar-refractivity contribution is 0.0996. The van der Waals surface area contributed by atoms with E-state index in [1.807, 2.05) is 7.05 Å². The number of likely N-dealkylation sites (tertiary alicyclic amines) is 1. The molecule has 1 aliphatic rings. The van der Waals surface area contributed by atoms with Gasteiger partial charge in [0.25, 0.3) is 5.91 Å². The zero-order chi connectivity index (χ0) is 21.0. The van der Waals surface area contributed by atoms with Crippen molar-refractivity contribution in [3.8, 4) is 0 Å². The minimum atomic E-state index is -0.389. The topological polar surface area (TPSA) is 77.8 Å². The molecule has 8 heteroatoms. The van der Waals surface area contributed by atoms with Crippen molar-refractivity contribution in [2.75, 3.05) is 37.8 Å². The lowest BCUT2D eigenvalue weighted by Crippen LogP contribution is -2.45. The Kier molecular flexibility index (Phi) is 6.82. The predicted molar refractivity (Wildman–Crippen MR) is 115 cm³/mol. The Morgan fingerprint density at radius 3 is 2.59 bits per heavy atom. The fraction of sp³-hybridized carbons (Fsp3) is 0.429. The molecule has 1 fully saturated rings. The van der Waals surface area contributed by atoms with Crippen molar-refractivity contribution in [1.29, 1.82) is 0 Å². The lowest BCUT2D eigenvalue weighted by atomic mass is 9.90. The molecule has 2 heterocycles. The smallest absolute Gasteiger partial charge is 0.321 e. The number of halogens is 1. The second kappa shape index (κ2) is 9.33. The van der Waals surface area contributed by atoms with Gasteiger partial charge in [-0.3, -0.25) is 4.79 Å². The highest BCUT2D eigenvalue weighted by molar-refractivity contribution is 6.34. The van der Waals surface area contributed by atoms with Crippen molar-refractivity contribution in [2.24, 2.45) is 5.92 Å². The summed E-state index contributed by atoms with van der Waals surface area (Å²) in [7, 11) is 3.94. The van der Waals surface area contributed by atoms with Crippen LogP contribution in [0.4, 0.5) is 16.2 Å². The monoisotopic (exact) mass is 418 g/mol. The number of benzene rings is 1. The Bertz CT molecular complexity index is 848. The van der Waals surface area contributed by atoms with Gasteiger partial charge in [-0.15, -0.1) is 0 Å². The molecule has 1 aromatic heterocycles. The van der Waals surface area contributed by atoms with Gasteiger partial charge in [0.1, 0.15) is 0 Å². The van der Waals surface area contributed by atoms with E-state index in [9.17, 15) is 9.59 Å². The molecule has 3 amide bonds. The number of amides is 3. The van der Waals surface area contributed by atoms with Crippen LogP contribution in [0.25, 0.3) is 0 Å². The van der Waals surface area contributed by atoms with Gasteiger partial charge >= 0.3 is 6.03 Å². The van der Waals surface area contributed by atoms with E-state index in [2.05, 4.69) is 29.5 Å². The summed E-state index contributed by atoms with van der Waals surface area (Å²) in [5.41, 5.74) is 1.01. The Labute approximate surface area is 176 Å². The number of rotatable bonds is 5. The number of hydrogen-bond donors (Lipinski definition) is 2. The molecule has 1 atom stereocenters. The predicted octanol–water partition coefficient (Wildman–Crippen LogP) is 4.38. The summed E-state index contributed by atoms with van der Waals surface area (Å²) < 4.78 is 5.07. The molecule has 0 spiro atoms. The summed E-state index contributed by atoms with van der Waals surface area (Å²) in [6, 6.07) is 8.14. The first-order chi connectivity index (χ1) is 13.8. The van der Waals surface area contributed by atoms with Crippen molar-refractivity contribution >= 4 is 34.9 Å². The lowest BCUT2D eigenvalue weighted by Gasteiger charge is -2.37. The standard InChI is InChI=1S/C21H27ClN4O3/c1-14(15-8-10-25(2)11-9-15)26(3)21(28)23-16-6-7-18(17(22)13-16)24-20(27)19-5-4-12-29-19/h4-7,12-15H,8-11H2,1-3H3,(H,23,28)(H,24,27)/t14-/m1/s1. The van der Waals surface area contributed by atoms with Gasteiger partial charge in [0.05, 0.1) is 17.0 Å². The molecule has 0 bridgehead atoms. The summed E-state index contributed by atoms with van der Waals surface area (Å²) >= 11 is 6.28. The second-order valence-electron chi connectivity index (χ2n) is 7.55. The number of hydrogen-bond acceptors (Lipinski definition) is 4. The number of nitrogens with zero attached hydrogens (tertiary/aromatic N) is 2. The highest BCUT2D eigenvalue weighted by atomic mass is 35.5. The molecule has 156 valence electrons. The fourth-order valence-electron chi connectivity index (χ4n) is 3.51. The van der Waals surface area contributed by atoms with Crippen LogP contribution in [-0.4, -0.2) is 55.0 Å². The number of anilines is 2. The second-order valence-corrected chi connectivity index (χ2v) is 7.96. The molecule has 0 radical (unpaired) electrons. The first-order valence-electron chi connectivity index (χ1n) is 9.72. The van der Waals surface area contributed by atoms with Gasteiger partial charge in [0.15, 0.2) is 5.76 Å². The van der Waals surface area contributed by atoms with E-state index in [0.29, 0.717) is 22.3 Å². The molecule has 0 unspecified atom stereocenters. The first kappa shape index (κ1) is 21.2. The van der Waals surface area contributed by atoms with E-state index in [0.717, 1.165) is 25.9 Å². The Morgan fingerprint density at radius 2 is 1.97 bits per heavy atom. The molecular formula is C21H27ClN4O3. The third-order valence-electron chi connectivity index (χ3n) is 5.59. The zero-order valence-electron chi connectivity index (χ0n) is 16.9. The number of nitrogens with one attached hydrogen (secondary N) is 2. The minimum Gasteiger partial charge on any atom is -0.459 e. The van der Waals surface area contributed by atoms with E-state index < -0.39 is 0 Å². The Hall–Kier alpha value is -2.51. The molecule has 3 rings (SSSR count). The van der Waals surface area contributed by atoms with E-state index in [1.54, 1.807) is 35.2 Å². The van der Waals surface area contributed by atoms with Gasteiger partial charge in [0.2, 0.25) is 0 Å². The molecule has 7 nitrogen and oxygen atoms in total. The van der Waals surface area contributed by atoms with Crippen LogP contribution in [-0.2, 0) is 0 Å². The van der Waals surface area contributed by atoms with Crippen molar-refractivity contribution in [1.82, 2.24) is 9.80 Å². The van der Waals surface area contributed by atoms with Crippen LogP contribution in [0.15, 0.2) is 41.0 Å². The van der Waals surface area contributed by atoms with Crippen molar-refractivity contribution < 1.29 is 14.0 Å². The molecule has 0 aliphatic carbocycles. The summed E-state index contributed by atoms with van der Waals surface area (Å²) in [6.45, 7) is 4.21. The van der Waals surface area contributed by atoms with Crippen LogP contribution in [0.3, 0.4) is 0 Å². The highest BCUT2D eigenvalue weighted by Gasteiger charge is 2.27. The number of urea groups is 1. The summed E-state index contributed by atoms with van der Waals surface area (Å²) in [5, 5.41) is 5.90.